The summed E-state index contributed by atoms with van der Waals surface area (Å²) in [6, 6.07) is 1.90. The van der Waals surface area contributed by atoms with Crippen molar-refractivity contribution in [3.05, 3.63) is 11.9 Å². The predicted molar refractivity (Wildman–Crippen MR) is 68.2 cm³/mol. The van der Waals surface area contributed by atoms with Gasteiger partial charge in [0, 0.05) is 19.7 Å². The van der Waals surface area contributed by atoms with Crippen molar-refractivity contribution >= 4 is 11.6 Å². The van der Waals surface area contributed by atoms with Crippen LogP contribution in [0.4, 0.5) is 11.6 Å². The van der Waals surface area contributed by atoms with E-state index in [1.54, 1.807) is 0 Å². The minimum Gasteiger partial charge on any atom is -0.393 e. The average Bonchev–Trinajstić information content (AvgIpc) is 2.72. The zero-order valence-corrected chi connectivity index (χ0v) is 10.4. The van der Waals surface area contributed by atoms with Crippen LogP contribution in [0.15, 0.2) is 6.07 Å². The number of aliphatic hydroxyl groups excluding tert-OH is 1. The zero-order chi connectivity index (χ0) is 12.3. The summed E-state index contributed by atoms with van der Waals surface area (Å²) in [5.41, 5.74) is 0. The quantitative estimate of drug-likeness (QED) is 0.737. The molecule has 1 aliphatic rings. The summed E-state index contributed by atoms with van der Waals surface area (Å²) < 4.78 is 0. The lowest BCUT2D eigenvalue weighted by Gasteiger charge is -2.12. The molecule has 5 nitrogen and oxygen atoms in total. The molecule has 5 heteroatoms. The largest absolute Gasteiger partial charge is 0.393 e. The number of nitrogens with zero attached hydrogens (tertiary/aromatic N) is 2. The molecule has 0 spiro atoms. The zero-order valence-electron chi connectivity index (χ0n) is 10.4. The summed E-state index contributed by atoms with van der Waals surface area (Å²) in [4.78, 5) is 8.58. The molecule has 3 N–H and O–H groups in total. The first-order valence-corrected chi connectivity index (χ1v) is 6.12. The SMILES string of the molecule is CNc1cc(NCC2CCC(O)C2)nc(C)n1. The van der Waals surface area contributed by atoms with E-state index in [4.69, 9.17) is 0 Å². The van der Waals surface area contributed by atoms with Gasteiger partial charge in [-0.2, -0.15) is 0 Å². The second kappa shape index (κ2) is 5.31. The van der Waals surface area contributed by atoms with E-state index in [9.17, 15) is 5.11 Å². The first-order chi connectivity index (χ1) is 8.17. The molecule has 0 aromatic carbocycles. The number of anilines is 2. The van der Waals surface area contributed by atoms with E-state index in [-0.39, 0.29) is 6.10 Å². The van der Waals surface area contributed by atoms with E-state index in [0.717, 1.165) is 43.3 Å². The molecule has 0 saturated heterocycles. The van der Waals surface area contributed by atoms with Crippen molar-refractivity contribution in [2.45, 2.75) is 32.3 Å². The fourth-order valence-electron chi connectivity index (χ4n) is 2.27. The van der Waals surface area contributed by atoms with Crippen molar-refractivity contribution in [3.8, 4) is 0 Å². The van der Waals surface area contributed by atoms with Crippen LogP contribution in [0.25, 0.3) is 0 Å². The molecular weight excluding hydrogens is 216 g/mol. The van der Waals surface area contributed by atoms with Crippen LogP contribution in [0.1, 0.15) is 25.1 Å². The summed E-state index contributed by atoms with van der Waals surface area (Å²) in [7, 11) is 1.85. The predicted octanol–water partition coefficient (Wildman–Crippen LogP) is 1.40. The van der Waals surface area contributed by atoms with Gasteiger partial charge in [0.1, 0.15) is 17.5 Å². The summed E-state index contributed by atoms with van der Waals surface area (Å²) in [5.74, 6) is 2.99. The smallest absolute Gasteiger partial charge is 0.131 e. The van der Waals surface area contributed by atoms with Gasteiger partial charge in [-0.1, -0.05) is 0 Å². The summed E-state index contributed by atoms with van der Waals surface area (Å²) in [5, 5.41) is 15.8. The van der Waals surface area contributed by atoms with E-state index < -0.39 is 0 Å². The topological polar surface area (TPSA) is 70.1 Å². The summed E-state index contributed by atoms with van der Waals surface area (Å²) >= 11 is 0. The van der Waals surface area contributed by atoms with Gasteiger partial charge in [-0.05, 0) is 32.1 Å². The molecule has 0 amide bonds. The highest BCUT2D eigenvalue weighted by molar-refractivity contribution is 5.47. The Morgan fingerprint density at radius 1 is 1.35 bits per heavy atom. The molecule has 1 aromatic heterocycles. The Morgan fingerprint density at radius 3 is 2.76 bits per heavy atom. The van der Waals surface area contributed by atoms with Gasteiger partial charge in [0.15, 0.2) is 0 Å². The van der Waals surface area contributed by atoms with Crippen LogP contribution in [0.2, 0.25) is 0 Å². The molecule has 1 aromatic rings. The van der Waals surface area contributed by atoms with Crippen LogP contribution in [0.5, 0.6) is 0 Å². The summed E-state index contributed by atoms with van der Waals surface area (Å²) in [6.07, 6.45) is 2.81. The van der Waals surface area contributed by atoms with Crippen molar-refractivity contribution in [2.75, 3.05) is 24.2 Å². The molecule has 2 unspecified atom stereocenters. The first kappa shape index (κ1) is 12.1. The molecule has 1 aliphatic carbocycles. The Balaban J connectivity index is 1.92. The Bertz CT molecular complexity index is 383. The minimum absolute atomic E-state index is 0.109. The van der Waals surface area contributed by atoms with E-state index in [2.05, 4.69) is 20.6 Å². The van der Waals surface area contributed by atoms with Crippen molar-refractivity contribution in [3.63, 3.8) is 0 Å². The molecule has 1 fully saturated rings. The van der Waals surface area contributed by atoms with Crippen LogP contribution in [-0.2, 0) is 0 Å². The molecule has 0 bridgehead atoms. The third-order valence-electron chi connectivity index (χ3n) is 3.18. The minimum atomic E-state index is -0.109. The maximum atomic E-state index is 9.46. The second-order valence-electron chi connectivity index (χ2n) is 4.65. The second-order valence-corrected chi connectivity index (χ2v) is 4.65. The van der Waals surface area contributed by atoms with Gasteiger partial charge in [0.2, 0.25) is 0 Å². The molecular formula is C12H20N4O. The molecule has 0 aliphatic heterocycles. The molecule has 17 heavy (non-hydrogen) atoms. The lowest BCUT2D eigenvalue weighted by Crippen LogP contribution is -2.14. The number of aliphatic hydroxyl groups is 1. The third-order valence-corrected chi connectivity index (χ3v) is 3.18. The Hall–Kier alpha value is -1.36. The number of aryl methyl sites for hydroxylation is 1. The maximum Gasteiger partial charge on any atom is 0.131 e. The fourth-order valence-corrected chi connectivity index (χ4v) is 2.27. The highest BCUT2D eigenvalue weighted by Gasteiger charge is 2.22. The molecule has 94 valence electrons. The molecule has 2 rings (SSSR count). The Kier molecular flexibility index (Phi) is 3.78. The van der Waals surface area contributed by atoms with Gasteiger partial charge in [-0.3, -0.25) is 0 Å². The van der Waals surface area contributed by atoms with Gasteiger partial charge < -0.3 is 15.7 Å². The molecule has 0 radical (unpaired) electrons. The van der Waals surface area contributed by atoms with Gasteiger partial charge in [-0.25, -0.2) is 9.97 Å². The summed E-state index contributed by atoms with van der Waals surface area (Å²) in [6.45, 7) is 2.75. The van der Waals surface area contributed by atoms with E-state index in [1.807, 2.05) is 20.0 Å². The average molecular weight is 236 g/mol. The number of rotatable bonds is 4. The number of nitrogens with one attached hydrogen (secondary N) is 2. The van der Waals surface area contributed by atoms with Crippen LogP contribution in [-0.4, -0.2) is 34.8 Å². The van der Waals surface area contributed by atoms with E-state index in [0.29, 0.717) is 5.92 Å². The van der Waals surface area contributed by atoms with E-state index in [1.165, 1.54) is 0 Å². The number of aromatic nitrogens is 2. The van der Waals surface area contributed by atoms with Gasteiger partial charge >= 0.3 is 0 Å². The molecule has 1 saturated carbocycles. The fraction of sp³-hybridized carbons (Fsp3) is 0.667. The monoisotopic (exact) mass is 236 g/mol. The van der Waals surface area contributed by atoms with Crippen molar-refractivity contribution < 1.29 is 5.11 Å². The lowest BCUT2D eigenvalue weighted by molar-refractivity contribution is 0.178. The Labute approximate surface area is 102 Å². The van der Waals surface area contributed by atoms with Crippen LogP contribution in [0.3, 0.4) is 0 Å². The normalized spacial score (nSPS) is 23.7. The highest BCUT2D eigenvalue weighted by Crippen LogP contribution is 2.25. The van der Waals surface area contributed by atoms with Crippen LogP contribution >= 0.6 is 0 Å². The van der Waals surface area contributed by atoms with Crippen molar-refractivity contribution in [1.82, 2.24) is 9.97 Å². The number of hydrogen-bond acceptors (Lipinski definition) is 5. The van der Waals surface area contributed by atoms with Crippen molar-refractivity contribution in [1.29, 1.82) is 0 Å². The van der Waals surface area contributed by atoms with E-state index >= 15 is 0 Å². The number of hydrogen-bond donors (Lipinski definition) is 3. The highest BCUT2D eigenvalue weighted by atomic mass is 16.3. The first-order valence-electron chi connectivity index (χ1n) is 6.12. The molecule has 1 heterocycles. The third kappa shape index (κ3) is 3.30. The lowest BCUT2D eigenvalue weighted by atomic mass is 10.1. The van der Waals surface area contributed by atoms with Gasteiger partial charge in [0.25, 0.3) is 0 Å². The van der Waals surface area contributed by atoms with Gasteiger partial charge in [0.05, 0.1) is 6.10 Å². The Morgan fingerprint density at radius 2 is 2.12 bits per heavy atom. The van der Waals surface area contributed by atoms with Crippen LogP contribution in [0, 0.1) is 12.8 Å². The van der Waals surface area contributed by atoms with Crippen LogP contribution < -0.4 is 10.6 Å². The standard InChI is InChI=1S/C12H20N4O/c1-8-15-11(13-2)6-12(16-8)14-7-9-3-4-10(17)5-9/h6,9-10,17H,3-5,7H2,1-2H3,(H2,13,14,15,16). The molecule has 2 atom stereocenters. The van der Waals surface area contributed by atoms with Gasteiger partial charge in [-0.15, -0.1) is 0 Å². The van der Waals surface area contributed by atoms with Crippen molar-refractivity contribution in [2.24, 2.45) is 5.92 Å². The maximum absolute atomic E-state index is 9.46.